The maximum atomic E-state index is 10.0. The van der Waals surface area contributed by atoms with Crippen LogP contribution >= 0.6 is 11.6 Å². The summed E-state index contributed by atoms with van der Waals surface area (Å²) in [5.41, 5.74) is 1.10. The molecule has 0 aromatic rings. The lowest BCUT2D eigenvalue weighted by Gasteiger charge is -1.84. The van der Waals surface area contributed by atoms with Crippen molar-refractivity contribution in [1.82, 2.24) is 0 Å². The molecule has 7 heavy (non-hydrogen) atoms. The zero-order valence-corrected chi connectivity index (χ0v) is 4.61. The molecule has 0 atom stereocenters. The summed E-state index contributed by atoms with van der Waals surface area (Å²) < 4.78 is 4.18. The maximum absolute atomic E-state index is 10.0. The van der Waals surface area contributed by atoms with Crippen LogP contribution in [0.4, 0.5) is 0 Å². The molecule has 40 valence electrons. The third-order valence-electron chi connectivity index (χ3n) is 0.400. The fourth-order valence-corrected chi connectivity index (χ4v) is 0.222. The summed E-state index contributed by atoms with van der Waals surface area (Å²) in [4.78, 5) is 10.0. The molecule has 0 aromatic carbocycles. The van der Waals surface area contributed by atoms with E-state index in [-0.39, 0.29) is 0 Å². The van der Waals surface area contributed by atoms with Crippen LogP contribution in [0.5, 0.6) is 0 Å². The van der Waals surface area contributed by atoms with Crippen molar-refractivity contribution >= 4 is 17.6 Å². The molecule has 0 heterocycles. The van der Waals surface area contributed by atoms with Gasteiger partial charge in [-0.3, -0.25) is 0 Å². The number of hydrogen-bond donors (Lipinski definition) is 0. The van der Waals surface area contributed by atoms with Crippen molar-refractivity contribution in [2.45, 2.75) is 0 Å². The molecule has 0 fully saturated rings. The van der Waals surface area contributed by atoms with Gasteiger partial charge >= 0.3 is 5.97 Å². The van der Waals surface area contributed by atoms with Gasteiger partial charge in [-0.15, -0.1) is 0 Å². The van der Waals surface area contributed by atoms with E-state index < -0.39 is 5.97 Å². The fraction of sp³-hybridized carbons (Fsp3) is 0.250. The molecule has 0 amide bonds. The van der Waals surface area contributed by atoms with Gasteiger partial charge in [-0.05, 0) is 0 Å². The number of carbonyl (C=O) groups excluding carboxylic acids is 1. The molecule has 0 rings (SSSR count). The zero-order chi connectivity index (χ0) is 5.70. The molecule has 3 heteroatoms. The van der Waals surface area contributed by atoms with Crippen LogP contribution in [-0.4, -0.2) is 13.1 Å². The van der Waals surface area contributed by atoms with Gasteiger partial charge in [0.15, 0.2) is 0 Å². The normalized spacial score (nSPS) is 9.43. The molecule has 0 spiro atoms. The van der Waals surface area contributed by atoms with Crippen molar-refractivity contribution in [2.24, 2.45) is 0 Å². The number of hydrogen-bond acceptors (Lipinski definition) is 2. The maximum Gasteiger partial charge on any atom is 0.331 e. The van der Waals surface area contributed by atoms with Gasteiger partial charge in [0.05, 0.1) is 7.11 Å². The van der Waals surface area contributed by atoms with Crippen molar-refractivity contribution in [2.75, 3.05) is 7.11 Å². The molecule has 0 N–H and O–H groups in total. The molecule has 0 aliphatic rings. The van der Waals surface area contributed by atoms with Crippen molar-refractivity contribution in [3.8, 4) is 0 Å². The first-order valence-corrected chi connectivity index (χ1v) is 2.09. The Morgan fingerprint density at radius 3 is 2.57 bits per heavy atom. The largest absolute Gasteiger partial charge is 0.466 e. The molecule has 0 aliphatic carbocycles. The van der Waals surface area contributed by atoms with Crippen molar-refractivity contribution in [3.05, 3.63) is 11.6 Å². The summed E-state index contributed by atoms with van der Waals surface area (Å²) in [5, 5.41) is 0. The molecule has 0 saturated heterocycles. The molecule has 2 nitrogen and oxygen atoms in total. The van der Waals surface area contributed by atoms with Gasteiger partial charge in [0, 0.05) is 11.6 Å². The lowest BCUT2D eigenvalue weighted by Crippen LogP contribution is -1.92. The molecule has 0 saturated carbocycles. The number of halogens is 1. The molecular weight excluding hydrogens is 115 g/mol. The number of rotatable bonds is 1. The Labute approximate surface area is 46.7 Å². The second kappa shape index (κ2) is 3.68. The van der Waals surface area contributed by atoms with E-state index in [1.165, 1.54) is 7.11 Å². The predicted molar refractivity (Wildman–Crippen MR) is 27.0 cm³/mol. The SMILES string of the molecule is COC(=O)/C=C\Cl. The average molecular weight is 121 g/mol. The van der Waals surface area contributed by atoms with Crippen LogP contribution in [0.3, 0.4) is 0 Å². The van der Waals surface area contributed by atoms with E-state index in [0.717, 1.165) is 11.6 Å². The Balaban J connectivity index is 3.37. The Bertz CT molecular complexity index is 87.7. The Hall–Kier alpha value is -0.500. The first-order chi connectivity index (χ1) is 3.31. The van der Waals surface area contributed by atoms with Crippen LogP contribution in [0.2, 0.25) is 0 Å². The van der Waals surface area contributed by atoms with Gasteiger partial charge < -0.3 is 4.74 Å². The van der Waals surface area contributed by atoms with Crippen molar-refractivity contribution in [1.29, 1.82) is 0 Å². The van der Waals surface area contributed by atoms with Gasteiger partial charge in [0.1, 0.15) is 0 Å². The Morgan fingerprint density at radius 2 is 2.43 bits per heavy atom. The van der Waals surface area contributed by atoms with E-state index in [9.17, 15) is 4.79 Å². The molecule has 0 aliphatic heterocycles. The third kappa shape index (κ3) is 3.33. The summed E-state index contributed by atoms with van der Waals surface area (Å²) in [6.45, 7) is 0. The smallest absolute Gasteiger partial charge is 0.331 e. The highest BCUT2D eigenvalue weighted by atomic mass is 35.5. The minimum atomic E-state index is -0.435. The molecule has 0 aromatic heterocycles. The van der Waals surface area contributed by atoms with Gasteiger partial charge in [-0.1, -0.05) is 11.6 Å². The Kier molecular flexibility index (Phi) is 3.42. The predicted octanol–water partition coefficient (Wildman–Crippen LogP) is 0.912. The number of esters is 1. The van der Waals surface area contributed by atoms with Crippen LogP contribution in [0, 0.1) is 0 Å². The lowest BCUT2D eigenvalue weighted by atomic mass is 10.7. The summed E-state index contributed by atoms with van der Waals surface area (Å²) in [6, 6.07) is 0. The van der Waals surface area contributed by atoms with E-state index in [2.05, 4.69) is 4.74 Å². The van der Waals surface area contributed by atoms with Gasteiger partial charge in [-0.25, -0.2) is 4.79 Å². The van der Waals surface area contributed by atoms with Crippen molar-refractivity contribution in [3.63, 3.8) is 0 Å². The van der Waals surface area contributed by atoms with Gasteiger partial charge in [0.2, 0.25) is 0 Å². The summed E-state index contributed by atoms with van der Waals surface area (Å²) >= 11 is 4.99. The highest BCUT2D eigenvalue weighted by Crippen LogP contribution is 1.79. The van der Waals surface area contributed by atoms with Gasteiger partial charge in [0.25, 0.3) is 0 Å². The molecule has 0 radical (unpaired) electrons. The van der Waals surface area contributed by atoms with Crippen LogP contribution in [-0.2, 0) is 9.53 Å². The van der Waals surface area contributed by atoms with E-state index in [1.54, 1.807) is 0 Å². The monoisotopic (exact) mass is 120 g/mol. The first kappa shape index (κ1) is 6.50. The van der Waals surface area contributed by atoms with Crippen LogP contribution in [0.15, 0.2) is 11.6 Å². The quantitative estimate of drug-likeness (QED) is 0.380. The number of ether oxygens (including phenoxy) is 1. The minimum absolute atomic E-state index is 0.435. The zero-order valence-electron chi connectivity index (χ0n) is 3.85. The van der Waals surface area contributed by atoms with E-state index >= 15 is 0 Å². The van der Waals surface area contributed by atoms with E-state index in [0.29, 0.717) is 0 Å². The summed E-state index contributed by atoms with van der Waals surface area (Å²) in [6.07, 6.45) is 1.13. The van der Waals surface area contributed by atoms with Crippen molar-refractivity contribution < 1.29 is 9.53 Å². The topological polar surface area (TPSA) is 26.3 Å². The van der Waals surface area contributed by atoms with E-state index in [4.69, 9.17) is 11.6 Å². The van der Waals surface area contributed by atoms with Crippen LogP contribution in [0.1, 0.15) is 0 Å². The minimum Gasteiger partial charge on any atom is -0.466 e. The Morgan fingerprint density at radius 1 is 1.86 bits per heavy atom. The van der Waals surface area contributed by atoms with Crippen LogP contribution < -0.4 is 0 Å². The number of carbonyl (C=O) groups is 1. The van der Waals surface area contributed by atoms with E-state index in [1.807, 2.05) is 0 Å². The first-order valence-electron chi connectivity index (χ1n) is 1.66. The second-order valence-electron chi connectivity index (χ2n) is 0.816. The summed E-state index contributed by atoms with van der Waals surface area (Å²) in [5.74, 6) is -0.435. The molecular formula is C4H5ClO2. The number of methoxy groups -OCH3 is 1. The lowest BCUT2D eigenvalue weighted by molar-refractivity contribution is -0.134. The molecule has 0 unspecified atom stereocenters. The third-order valence-corrected chi connectivity index (χ3v) is 0.526. The highest BCUT2D eigenvalue weighted by Gasteiger charge is 1.85. The average Bonchev–Trinajstić information content (AvgIpc) is 1.68. The van der Waals surface area contributed by atoms with Gasteiger partial charge in [-0.2, -0.15) is 0 Å². The van der Waals surface area contributed by atoms with Crippen LogP contribution in [0.25, 0.3) is 0 Å². The molecule has 0 bridgehead atoms. The summed E-state index contributed by atoms with van der Waals surface area (Å²) in [7, 11) is 1.29. The highest BCUT2D eigenvalue weighted by molar-refractivity contribution is 6.26. The second-order valence-corrected chi connectivity index (χ2v) is 1.07. The standard InChI is InChI=1S/C4H5ClO2/c1-7-4(6)2-3-5/h2-3H,1H3/b3-2-. The fourth-order valence-electron chi connectivity index (χ4n) is 0.119.